The van der Waals surface area contributed by atoms with Crippen LogP contribution in [0.3, 0.4) is 0 Å². The van der Waals surface area contributed by atoms with E-state index in [4.69, 9.17) is 11.0 Å². The van der Waals surface area contributed by atoms with Crippen LogP contribution in [0, 0.1) is 10.1 Å². The number of nitrogens with two attached hydrogens (primary N) is 1. The zero-order valence-electron chi connectivity index (χ0n) is 6.84. The van der Waals surface area contributed by atoms with E-state index in [-0.39, 0.29) is 5.56 Å². The second-order valence-corrected chi connectivity index (χ2v) is 2.33. The van der Waals surface area contributed by atoms with Crippen molar-refractivity contribution in [1.29, 1.82) is 0 Å². The summed E-state index contributed by atoms with van der Waals surface area (Å²) < 4.78 is 0. The van der Waals surface area contributed by atoms with E-state index in [2.05, 4.69) is 4.84 Å². The molecule has 0 aliphatic rings. The average molecular weight is 198 g/mol. The van der Waals surface area contributed by atoms with Gasteiger partial charge in [-0.3, -0.25) is 10.1 Å². The van der Waals surface area contributed by atoms with Crippen molar-refractivity contribution < 1.29 is 19.7 Å². The average Bonchev–Trinajstić information content (AvgIpc) is 2.16. The lowest BCUT2D eigenvalue weighted by Crippen LogP contribution is -2.10. The summed E-state index contributed by atoms with van der Waals surface area (Å²) in [6.45, 7) is 0. The van der Waals surface area contributed by atoms with E-state index in [1.165, 1.54) is 6.07 Å². The van der Waals surface area contributed by atoms with Crippen LogP contribution in [0.4, 0.5) is 5.69 Å². The maximum Gasteiger partial charge on any atom is 0.339 e. The van der Waals surface area contributed by atoms with Crippen LogP contribution in [0.5, 0.6) is 5.75 Å². The van der Waals surface area contributed by atoms with E-state index in [0.717, 1.165) is 12.1 Å². The van der Waals surface area contributed by atoms with Gasteiger partial charge < -0.3 is 9.94 Å². The third kappa shape index (κ3) is 1.62. The van der Waals surface area contributed by atoms with Crippen molar-refractivity contribution in [3.05, 3.63) is 33.9 Å². The van der Waals surface area contributed by atoms with Gasteiger partial charge in [-0.05, 0) is 6.07 Å². The Morgan fingerprint density at radius 3 is 2.64 bits per heavy atom. The molecule has 7 heteroatoms. The molecule has 0 bridgehead atoms. The van der Waals surface area contributed by atoms with Crippen LogP contribution >= 0.6 is 0 Å². The largest absolute Gasteiger partial charge is 0.478 e. The highest BCUT2D eigenvalue weighted by Gasteiger charge is 2.22. The number of hydrogen-bond donors (Lipinski definition) is 2. The molecule has 3 N–H and O–H groups in total. The molecule has 1 aromatic rings. The number of hydrogen-bond acceptors (Lipinski definition) is 5. The van der Waals surface area contributed by atoms with Crippen LogP contribution in [0.15, 0.2) is 18.2 Å². The van der Waals surface area contributed by atoms with Crippen LogP contribution in [-0.2, 0) is 0 Å². The number of benzene rings is 1. The first-order valence-electron chi connectivity index (χ1n) is 3.45. The van der Waals surface area contributed by atoms with Gasteiger partial charge in [-0.15, -0.1) is 0 Å². The number of carbonyl (C=O) groups is 1. The fraction of sp³-hybridized carbons (Fsp3) is 0. The third-order valence-electron chi connectivity index (χ3n) is 1.54. The van der Waals surface area contributed by atoms with Gasteiger partial charge in [0.15, 0.2) is 0 Å². The topological polar surface area (TPSA) is 116 Å². The number of carboxylic acids is 1. The normalized spacial score (nSPS) is 9.50. The van der Waals surface area contributed by atoms with Crippen LogP contribution in [0.2, 0.25) is 0 Å². The molecule has 0 fully saturated rings. The molecule has 0 spiro atoms. The summed E-state index contributed by atoms with van der Waals surface area (Å²) in [7, 11) is 0. The molecule has 74 valence electrons. The van der Waals surface area contributed by atoms with Gasteiger partial charge in [0.25, 0.3) is 0 Å². The van der Waals surface area contributed by atoms with E-state index in [0.29, 0.717) is 0 Å². The molecular weight excluding hydrogens is 192 g/mol. The molecule has 0 heterocycles. The Morgan fingerprint density at radius 1 is 1.57 bits per heavy atom. The summed E-state index contributed by atoms with van der Waals surface area (Å²) in [5.74, 6) is 2.97. The quantitative estimate of drug-likeness (QED) is 0.541. The molecule has 1 aromatic carbocycles. The molecule has 0 atom stereocenters. The van der Waals surface area contributed by atoms with Gasteiger partial charge in [0, 0.05) is 6.07 Å². The smallest absolute Gasteiger partial charge is 0.339 e. The predicted octanol–water partition coefficient (Wildman–Crippen LogP) is 0.546. The predicted molar refractivity (Wildman–Crippen MR) is 44.9 cm³/mol. The van der Waals surface area contributed by atoms with Crippen LogP contribution in [0.25, 0.3) is 0 Å². The Kier molecular flexibility index (Phi) is 2.63. The molecule has 1 rings (SSSR count). The summed E-state index contributed by atoms with van der Waals surface area (Å²) in [4.78, 5) is 24.4. The van der Waals surface area contributed by atoms with Crippen molar-refractivity contribution in [3.8, 4) is 5.75 Å². The molecule has 0 saturated heterocycles. The Balaban J connectivity index is 3.39. The molecule has 0 saturated carbocycles. The second kappa shape index (κ2) is 3.71. The zero-order chi connectivity index (χ0) is 10.7. The van der Waals surface area contributed by atoms with E-state index >= 15 is 0 Å². The number of para-hydroxylation sites is 1. The monoisotopic (exact) mass is 198 g/mol. The summed E-state index contributed by atoms with van der Waals surface area (Å²) in [6, 6.07) is 3.51. The number of nitro groups is 1. The fourth-order valence-corrected chi connectivity index (χ4v) is 0.961. The van der Waals surface area contributed by atoms with E-state index in [1.807, 2.05) is 0 Å². The maximum absolute atomic E-state index is 10.6. The first kappa shape index (κ1) is 9.93. The van der Waals surface area contributed by atoms with Gasteiger partial charge in [-0.1, -0.05) is 6.07 Å². The summed E-state index contributed by atoms with van der Waals surface area (Å²) in [5.41, 5.74) is -0.825. The third-order valence-corrected chi connectivity index (χ3v) is 1.54. The van der Waals surface area contributed by atoms with Crippen molar-refractivity contribution in [2.45, 2.75) is 0 Å². The summed E-state index contributed by atoms with van der Waals surface area (Å²) in [5, 5.41) is 19.1. The van der Waals surface area contributed by atoms with Gasteiger partial charge in [-0.2, -0.15) is 5.90 Å². The van der Waals surface area contributed by atoms with Crippen LogP contribution in [-0.4, -0.2) is 16.0 Å². The lowest BCUT2D eigenvalue weighted by molar-refractivity contribution is -0.385. The van der Waals surface area contributed by atoms with Crippen molar-refractivity contribution >= 4 is 11.7 Å². The first-order chi connectivity index (χ1) is 6.57. The standard InChI is InChI=1S/C7H6N2O5/c8-14-6-4(7(10)11)2-1-3-5(6)9(12)13/h1-3H,8H2,(H,10,11). The minimum absolute atomic E-state index is 0.346. The highest BCUT2D eigenvalue weighted by atomic mass is 16.6. The van der Waals surface area contributed by atoms with Crippen LogP contribution in [0.1, 0.15) is 10.4 Å². The Labute approximate surface area is 77.8 Å². The number of nitrogens with zero attached hydrogens (tertiary/aromatic N) is 1. The van der Waals surface area contributed by atoms with Crippen molar-refractivity contribution in [3.63, 3.8) is 0 Å². The molecule has 0 amide bonds. The van der Waals surface area contributed by atoms with Gasteiger partial charge in [0.1, 0.15) is 5.56 Å². The second-order valence-electron chi connectivity index (χ2n) is 2.33. The van der Waals surface area contributed by atoms with E-state index in [1.54, 1.807) is 0 Å². The lowest BCUT2D eigenvalue weighted by atomic mass is 10.2. The van der Waals surface area contributed by atoms with Gasteiger partial charge in [-0.25, -0.2) is 4.79 Å². The molecule has 0 radical (unpaired) electrons. The Hall–Kier alpha value is -2.15. The SMILES string of the molecule is NOc1c(C(=O)O)cccc1[N+](=O)[O-]. The van der Waals surface area contributed by atoms with Crippen molar-refractivity contribution in [2.24, 2.45) is 5.90 Å². The van der Waals surface area contributed by atoms with Crippen molar-refractivity contribution in [2.75, 3.05) is 0 Å². The number of nitro benzene ring substituents is 1. The summed E-state index contributed by atoms with van der Waals surface area (Å²) >= 11 is 0. The number of aromatic carboxylic acids is 1. The molecule has 0 aliphatic heterocycles. The zero-order valence-corrected chi connectivity index (χ0v) is 6.84. The minimum atomic E-state index is -1.34. The van der Waals surface area contributed by atoms with Gasteiger partial charge in [0.2, 0.25) is 5.75 Å². The molecular formula is C7H6N2O5. The van der Waals surface area contributed by atoms with Gasteiger partial charge in [0.05, 0.1) is 4.92 Å². The molecule has 0 unspecified atom stereocenters. The first-order valence-corrected chi connectivity index (χ1v) is 3.45. The maximum atomic E-state index is 10.6. The number of rotatable bonds is 3. The highest BCUT2D eigenvalue weighted by Crippen LogP contribution is 2.29. The molecule has 0 aromatic heterocycles. The molecule has 7 nitrogen and oxygen atoms in total. The van der Waals surface area contributed by atoms with Crippen LogP contribution < -0.4 is 10.7 Å². The minimum Gasteiger partial charge on any atom is -0.478 e. The summed E-state index contributed by atoms with van der Waals surface area (Å²) in [6.07, 6.45) is 0. The Morgan fingerprint density at radius 2 is 2.21 bits per heavy atom. The Bertz CT molecular complexity index is 357. The van der Waals surface area contributed by atoms with Crippen molar-refractivity contribution in [1.82, 2.24) is 0 Å². The molecule has 0 aliphatic carbocycles. The van der Waals surface area contributed by atoms with E-state index in [9.17, 15) is 14.9 Å². The lowest BCUT2D eigenvalue weighted by Gasteiger charge is -2.03. The molecule has 14 heavy (non-hydrogen) atoms. The van der Waals surface area contributed by atoms with E-state index < -0.39 is 22.3 Å². The fourth-order valence-electron chi connectivity index (χ4n) is 0.961. The highest BCUT2D eigenvalue weighted by molar-refractivity contribution is 5.92. The van der Waals surface area contributed by atoms with Gasteiger partial charge >= 0.3 is 11.7 Å². The number of carboxylic acid groups (broad SMARTS) is 1.